The van der Waals surface area contributed by atoms with Gasteiger partial charge in [-0.15, -0.1) is 0 Å². The van der Waals surface area contributed by atoms with E-state index >= 15 is 0 Å². The van der Waals surface area contributed by atoms with Crippen molar-refractivity contribution in [2.75, 3.05) is 26.2 Å². The molecule has 2 aliphatic carbocycles. The predicted octanol–water partition coefficient (Wildman–Crippen LogP) is 0.831. The molecule has 0 bridgehead atoms. The molecule has 1 heterocycles. The Labute approximate surface area is 98.2 Å². The molecule has 16 heavy (non-hydrogen) atoms. The molecule has 0 radical (unpaired) electrons. The Balaban J connectivity index is 1.46. The normalized spacial score (nSPS) is 34.9. The van der Waals surface area contributed by atoms with Crippen LogP contribution < -0.4 is 5.32 Å². The molecule has 0 amide bonds. The zero-order valence-corrected chi connectivity index (χ0v) is 10.1. The Morgan fingerprint density at radius 2 is 1.62 bits per heavy atom. The van der Waals surface area contributed by atoms with Crippen molar-refractivity contribution in [2.45, 2.75) is 44.2 Å². The van der Waals surface area contributed by atoms with Gasteiger partial charge in [-0.3, -0.25) is 0 Å². The average molecular weight is 224 g/mol. The van der Waals surface area contributed by atoms with Gasteiger partial charge in [0.2, 0.25) is 0 Å². The largest absolute Gasteiger partial charge is 0.392 e. The lowest BCUT2D eigenvalue weighted by Crippen LogP contribution is -2.39. The highest BCUT2D eigenvalue weighted by Crippen LogP contribution is 2.33. The number of nitrogens with one attached hydrogen (secondary N) is 1. The number of β-amino-alcohol motifs (C(OH)–C–C–N with tert-alkyl or cyclic N) is 1. The molecular weight excluding hydrogens is 200 g/mol. The molecule has 0 aromatic carbocycles. The zero-order valence-electron chi connectivity index (χ0n) is 10.1. The van der Waals surface area contributed by atoms with Gasteiger partial charge in [-0.1, -0.05) is 0 Å². The van der Waals surface area contributed by atoms with E-state index in [0.717, 1.165) is 31.3 Å². The molecule has 3 heteroatoms. The first-order valence-electron chi connectivity index (χ1n) is 6.93. The van der Waals surface area contributed by atoms with E-state index in [1.54, 1.807) is 0 Å². The SMILES string of the molecule is OC1CNC(CN(CC2CC2)CC2CC2)C1. The third-order valence-electron chi connectivity index (χ3n) is 4.10. The third-order valence-corrected chi connectivity index (χ3v) is 4.10. The Hall–Kier alpha value is -0.120. The van der Waals surface area contributed by atoms with Crippen molar-refractivity contribution in [3.63, 3.8) is 0 Å². The lowest BCUT2D eigenvalue weighted by Gasteiger charge is -2.25. The highest BCUT2D eigenvalue weighted by Gasteiger charge is 2.31. The predicted molar refractivity (Wildman–Crippen MR) is 64.3 cm³/mol. The van der Waals surface area contributed by atoms with Crippen LogP contribution in [0.2, 0.25) is 0 Å². The molecule has 3 rings (SSSR count). The maximum Gasteiger partial charge on any atom is 0.0680 e. The van der Waals surface area contributed by atoms with Crippen LogP contribution >= 0.6 is 0 Å². The number of hydrogen-bond acceptors (Lipinski definition) is 3. The maximum atomic E-state index is 9.52. The molecule has 92 valence electrons. The molecule has 1 saturated heterocycles. The van der Waals surface area contributed by atoms with E-state index in [1.165, 1.54) is 38.8 Å². The first kappa shape index (κ1) is 11.0. The summed E-state index contributed by atoms with van der Waals surface area (Å²) in [6, 6.07) is 0.535. The van der Waals surface area contributed by atoms with Crippen LogP contribution in [-0.4, -0.2) is 48.3 Å². The van der Waals surface area contributed by atoms with Crippen LogP contribution in [0.5, 0.6) is 0 Å². The molecule has 2 unspecified atom stereocenters. The van der Waals surface area contributed by atoms with Gasteiger partial charge in [0.15, 0.2) is 0 Å². The number of hydrogen-bond donors (Lipinski definition) is 2. The van der Waals surface area contributed by atoms with Crippen molar-refractivity contribution in [1.29, 1.82) is 0 Å². The summed E-state index contributed by atoms with van der Waals surface area (Å²) in [7, 11) is 0. The second kappa shape index (κ2) is 4.63. The number of rotatable bonds is 6. The van der Waals surface area contributed by atoms with Crippen LogP contribution in [-0.2, 0) is 0 Å². The summed E-state index contributed by atoms with van der Waals surface area (Å²) in [5, 5.41) is 13.0. The van der Waals surface area contributed by atoms with Crippen molar-refractivity contribution < 1.29 is 5.11 Å². The van der Waals surface area contributed by atoms with Crippen molar-refractivity contribution in [2.24, 2.45) is 11.8 Å². The van der Waals surface area contributed by atoms with Crippen LogP contribution in [0.15, 0.2) is 0 Å². The van der Waals surface area contributed by atoms with E-state index < -0.39 is 0 Å². The van der Waals surface area contributed by atoms with Crippen molar-refractivity contribution >= 4 is 0 Å². The second-order valence-corrected chi connectivity index (χ2v) is 6.10. The van der Waals surface area contributed by atoms with Gasteiger partial charge in [-0.2, -0.15) is 0 Å². The number of aliphatic hydroxyl groups is 1. The fraction of sp³-hybridized carbons (Fsp3) is 1.00. The van der Waals surface area contributed by atoms with Crippen LogP contribution in [0.4, 0.5) is 0 Å². The minimum atomic E-state index is -0.103. The molecule has 2 atom stereocenters. The monoisotopic (exact) mass is 224 g/mol. The lowest BCUT2D eigenvalue weighted by molar-refractivity contribution is 0.184. The van der Waals surface area contributed by atoms with E-state index in [0.29, 0.717) is 6.04 Å². The first-order valence-corrected chi connectivity index (χ1v) is 6.93. The lowest BCUT2D eigenvalue weighted by atomic mass is 10.2. The quantitative estimate of drug-likeness (QED) is 0.701. The molecule has 0 aromatic rings. The van der Waals surface area contributed by atoms with E-state index in [1.807, 2.05) is 0 Å². The minimum absolute atomic E-state index is 0.103. The standard InChI is InChI=1S/C13H24N2O/c16-13-5-12(14-6-13)9-15(7-10-1-2-10)8-11-3-4-11/h10-14,16H,1-9H2. The number of aliphatic hydroxyl groups excluding tert-OH is 1. The van der Waals surface area contributed by atoms with Gasteiger partial charge in [0.25, 0.3) is 0 Å². The van der Waals surface area contributed by atoms with Crippen LogP contribution in [0, 0.1) is 11.8 Å². The summed E-state index contributed by atoms with van der Waals surface area (Å²) in [5.41, 5.74) is 0. The molecule has 1 aliphatic heterocycles. The molecule has 3 aliphatic rings. The fourth-order valence-electron chi connectivity index (χ4n) is 2.80. The van der Waals surface area contributed by atoms with Gasteiger partial charge in [-0.25, -0.2) is 0 Å². The van der Waals surface area contributed by atoms with Gasteiger partial charge in [0, 0.05) is 32.2 Å². The Kier molecular flexibility index (Phi) is 3.18. The fourth-order valence-corrected chi connectivity index (χ4v) is 2.80. The van der Waals surface area contributed by atoms with Gasteiger partial charge >= 0.3 is 0 Å². The van der Waals surface area contributed by atoms with Crippen molar-refractivity contribution in [3.05, 3.63) is 0 Å². The molecule has 0 spiro atoms. The van der Waals surface area contributed by atoms with Gasteiger partial charge < -0.3 is 15.3 Å². The molecule has 2 N–H and O–H groups in total. The summed E-state index contributed by atoms with van der Waals surface area (Å²) >= 11 is 0. The Bertz CT molecular complexity index is 224. The molecule has 0 aromatic heterocycles. The van der Waals surface area contributed by atoms with E-state index in [4.69, 9.17) is 0 Å². The van der Waals surface area contributed by atoms with E-state index in [9.17, 15) is 5.11 Å². The summed E-state index contributed by atoms with van der Waals surface area (Å²) in [6.07, 6.45) is 6.63. The summed E-state index contributed by atoms with van der Waals surface area (Å²) in [4.78, 5) is 2.66. The number of nitrogens with zero attached hydrogens (tertiary/aromatic N) is 1. The van der Waals surface area contributed by atoms with Crippen LogP contribution in [0.3, 0.4) is 0 Å². The van der Waals surface area contributed by atoms with Gasteiger partial charge in [-0.05, 0) is 43.9 Å². The van der Waals surface area contributed by atoms with E-state index in [2.05, 4.69) is 10.2 Å². The summed E-state index contributed by atoms with van der Waals surface area (Å²) < 4.78 is 0. The van der Waals surface area contributed by atoms with Gasteiger partial charge in [0.1, 0.15) is 0 Å². The Morgan fingerprint density at radius 1 is 1.00 bits per heavy atom. The van der Waals surface area contributed by atoms with E-state index in [-0.39, 0.29) is 6.10 Å². The highest BCUT2D eigenvalue weighted by atomic mass is 16.3. The smallest absolute Gasteiger partial charge is 0.0680 e. The molecule has 3 fully saturated rings. The van der Waals surface area contributed by atoms with Crippen molar-refractivity contribution in [3.8, 4) is 0 Å². The van der Waals surface area contributed by atoms with Crippen LogP contribution in [0.1, 0.15) is 32.1 Å². The molecule has 3 nitrogen and oxygen atoms in total. The summed E-state index contributed by atoms with van der Waals surface area (Å²) in [5.74, 6) is 1.98. The van der Waals surface area contributed by atoms with Crippen molar-refractivity contribution in [1.82, 2.24) is 10.2 Å². The molecule has 2 saturated carbocycles. The topological polar surface area (TPSA) is 35.5 Å². The Morgan fingerprint density at radius 3 is 2.06 bits per heavy atom. The minimum Gasteiger partial charge on any atom is -0.392 e. The second-order valence-electron chi connectivity index (χ2n) is 6.10. The third kappa shape index (κ3) is 3.19. The average Bonchev–Trinajstić information content (AvgIpc) is 3.13. The van der Waals surface area contributed by atoms with Gasteiger partial charge in [0.05, 0.1) is 6.10 Å². The first-order chi connectivity index (χ1) is 7.79. The summed E-state index contributed by atoms with van der Waals surface area (Å²) in [6.45, 7) is 4.57. The molecular formula is C13H24N2O. The zero-order chi connectivity index (χ0) is 11.0. The maximum absolute atomic E-state index is 9.52. The highest BCUT2D eigenvalue weighted by molar-refractivity contribution is 4.88. The van der Waals surface area contributed by atoms with Crippen LogP contribution in [0.25, 0.3) is 0 Å².